The highest BCUT2D eigenvalue weighted by Gasteiger charge is 2.12. The first-order chi connectivity index (χ1) is 12.2. The predicted molar refractivity (Wildman–Crippen MR) is 97.4 cm³/mol. The van der Waals surface area contributed by atoms with E-state index in [1.807, 2.05) is 30.3 Å². The summed E-state index contributed by atoms with van der Waals surface area (Å²) < 4.78 is 10.8. The fourth-order valence-corrected chi connectivity index (χ4v) is 2.13. The van der Waals surface area contributed by atoms with E-state index in [0.29, 0.717) is 30.2 Å². The van der Waals surface area contributed by atoms with Crippen LogP contribution in [-0.2, 0) is 11.3 Å². The number of esters is 1. The summed E-state index contributed by atoms with van der Waals surface area (Å²) in [5.74, 6) is 6.22. The van der Waals surface area contributed by atoms with Crippen LogP contribution in [0.5, 0.6) is 5.88 Å². The molecule has 0 saturated heterocycles. The average molecular weight is 337 g/mol. The number of aromatic nitrogens is 1. The van der Waals surface area contributed by atoms with Crippen molar-refractivity contribution in [3.05, 3.63) is 59.3 Å². The van der Waals surface area contributed by atoms with Crippen molar-refractivity contribution < 1.29 is 14.3 Å². The summed E-state index contributed by atoms with van der Waals surface area (Å²) in [5, 5.41) is 0. The van der Waals surface area contributed by atoms with Crippen molar-refractivity contribution in [2.45, 2.75) is 39.7 Å². The molecule has 0 aliphatic carbocycles. The maximum Gasteiger partial charge on any atom is 0.339 e. The molecule has 1 aromatic heterocycles. The van der Waals surface area contributed by atoms with Gasteiger partial charge in [0.25, 0.3) is 0 Å². The van der Waals surface area contributed by atoms with Crippen LogP contribution in [-0.4, -0.2) is 17.6 Å². The number of unbranched alkanes of at least 4 members (excludes halogenated alkanes) is 2. The molecule has 0 saturated carbocycles. The summed E-state index contributed by atoms with van der Waals surface area (Å²) in [4.78, 5) is 16.2. The zero-order valence-electron chi connectivity index (χ0n) is 14.7. The molecule has 2 rings (SSSR count). The molecule has 0 aliphatic rings. The van der Waals surface area contributed by atoms with Gasteiger partial charge in [0.1, 0.15) is 6.61 Å². The van der Waals surface area contributed by atoms with E-state index in [4.69, 9.17) is 9.47 Å². The van der Waals surface area contributed by atoms with Gasteiger partial charge in [-0.2, -0.15) is 0 Å². The van der Waals surface area contributed by atoms with Crippen molar-refractivity contribution in [3.63, 3.8) is 0 Å². The Hall–Kier alpha value is -2.80. The second-order valence-electron chi connectivity index (χ2n) is 5.48. The minimum atomic E-state index is -0.402. The molecule has 0 aliphatic heterocycles. The van der Waals surface area contributed by atoms with Gasteiger partial charge < -0.3 is 9.47 Å². The van der Waals surface area contributed by atoms with Crippen LogP contribution < -0.4 is 4.74 Å². The van der Waals surface area contributed by atoms with Crippen LogP contribution in [0.15, 0.2) is 42.6 Å². The second-order valence-corrected chi connectivity index (χ2v) is 5.48. The molecule has 1 heterocycles. The Bertz CT molecular complexity index is 745. The second kappa shape index (κ2) is 10.1. The lowest BCUT2D eigenvalue weighted by atomic mass is 10.2. The fraction of sp³-hybridized carbons (Fsp3) is 0.333. The first kappa shape index (κ1) is 18.5. The number of carbonyl (C=O) groups is 1. The zero-order valence-corrected chi connectivity index (χ0v) is 14.7. The Morgan fingerprint density at radius 3 is 2.72 bits per heavy atom. The van der Waals surface area contributed by atoms with Crippen LogP contribution in [0.25, 0.3) is 0 Å². The lowest BCUT2D eigenvalue weighted by Crippen LogP contribution is -2.07. The van der Waals surface area contributed by atoms with E-state index in [1.165, 1.54) is 6.20 Å². The summed E-state index contributed by atoms with van der Waals surface area (Å²) in [5.41, 5.74) is 2.04. The molecule has 2 aromatic rings. The Balaban J connectivity index is 2.20. The third kappa shape index (κ3) is 5.96. The third-order valence-corrected chi connectivity index (χ3v) is 3.46. The van der Waals surface area contributed by atoms with E-state index in [0.717, 1.165) is 24.8 Å². The number of carbonyl (C=O) groups excluding carboxylic acids is 1. The van der Waals surface area contributed by atoms with E-state index in [-0.39, 0.29) is 0 Å². The monoisotopic (exact) mass is 337 g/mol. The van der Waals surface area contributed by atoms with E-state index in [9.17, 15) is 4.79 Å². The van der Waals surface area contributed by atoms with Crippen molar-refractivity contribution in [1.82, 2.24) is 4.98 Å². The van der Waals surface area contributed by atoms with Crippen molar-refractivity contribution >= 4 is 5.97 Å². The number of rotatable bonds is 7. The lowest BCUT2D eigenvalue weighted by molar-refractivity contribution is 0.0525. The van der Waals surface area contributed by atoms with Crippen molar-refractivity contribution in [3.8, 4) is 17.7 Å². The van der Waals surface area contributed by atoms with Crippen LogP contribution in [0.1, 0.15) is 54.6 Å². The summed E-state index contributed by atoms with van der Waals surface area (Å²) in [6.07, 6.45) is 4.40. The number of benzene rings is 1. The molecule has 0 spiro atoms. The standard InChI is InChI=1S/C21H23NO3/c1-3-5-6-10-13-18-14-19(21(23)24-4-2)15-22-20(18)25-16-17-11-8-7-9-12-17/h7-9,11-12,14-15H,3-6,16H2,1-2H3. The van der Waals surface area contributed by atoms with Gasteiger partial charge in [0.15, 0.2) is 0 Å². The molecule has 0 atom stereocenters. The van der Waals surface area contributed by atoms with E-state index >= 15 is 0 Å². The Labute approximate surface area is 149 Å². The first-order valence-corrected chi connectivity index (χ1v) is 8.57. The molecule has 130 valence electrons. The Morgan fingerprint density at radius 1 is 1.20 bits per heavy atom. The average Bonchev–Trinajstić information content (AvgIpc) is 2.65. The minimum Gasteiger partial charge on any atom is -0.472 e. The van der Waals surface area contributed by atoms with Gasteiger partial charge in [-0.05, 0) is 25.0 Å². The predicted octanol–water partition coefficient (Wildman–Crippen LogP) is 4.38. The van der Waals surface area contributed by atoms with Gasteiger partial charge in [0, 0.05) is 12.6 Å². The van der Waals surface area contributed by atoms with Crippen LogP contribution in [0, 0.1) is 11.8 Å². The Kier molecular flexibility index (Phi) is 7.52. The van der Waals surface area contributed by atoms with E-state index in [1.54, 1.807) is 13.0 Å². The lowest BCUT2D eigenvalue weighted by Gasteiger charge is -2.09. The first-order valence-electron chi connectivity index (χ1n) is 8.57. The molecule has 1 aromatic carbocycles. The van der Waals surface area contributed by atoms with Gasteiger partial charge >= 0.3 is 5.97 Å². The molecule has 4 nitrogen and oxygen atoms in total. The normalized spacial score (nSPS) is 9.84. The van der Waals surface area contributed by atoms with Gasteiger partial charge in [0.2, 0.25) is 5.88 Å². The summed E-state index contributed by atoms with van der Waals surface area (Å²) in [6, 6.07) is 11.5. The van der Waals surface area contributed by atoms with Gasteiger partial charge in [-0.15, -0.1) is 0 Å². The quantitative estimate of drug-likeness (QED) is 0.427. The van der Waals surface area contributed by atoms with E-state index in [2.05, 4.69) is 23.7 Å². The summed E-state index contributed by atoms with van der Waals surface area (Å²) >= 11 is 0. The molecular weight excluding hydrogens is 314 g/mol. The van der Waals surface area contributed by atoms with Gasteiger partial charge in [0.05, 0.1) is 17.7 Å². The highest BCUT2D eigenvalue weighted by atomic mass is 16.5. The van der Waals surface area contributed by atoms with E-state index < -0.39 is 5.97 Å². The van der Waals surface area contributed by atoms with Gasteiger partial charge in [-0.1, -0.05) is 55.5 Å². The number of ether oxygens (including phenoxy) is 2. The molecule has 0 bridgehead atoms. The highest BCUT2D eigenvalue weighted by Crippen LogP contribution is 2.18. The SMILES string of the molecule is CCCCC#Cc1cc(C(=O)OCC)cnc1OCc1ccccc1. The minimum absolute atomic E-state index is 0.322. The number of hydrogen-bond donors (Lipinski definition) is 0. The van der Waals surface area contributed by atoms with Crippen LogP contribution in [0.4, 0.5) is 0 Å². The zero-order chi connectivity index (χ0) is 17.9. The molecule has 0 radical (unpaired) electrons. The number of nitrogens with zero attached hydrogens (tertiary/aromatic N) is 1. The third-order valence-electron chi connectivity index (χ3n) is 3.46. The smallest absolute Gasteiger partial charge is 0.339 e. The number of pyridine rings is 1. The highest BCUT2D eigenvalue weighted by molar-refractivity contribution is 5.89. The maximum atomic E-state index is 11.9. The van der Waals surface area contributed by atoms with Gasteiger partial charge in [-0.25, -0.2) is 9.78 Å². The fourth-order valence-electron chi connectivity index (χ4n) is 2.13. The molecule has 0 amide bonds. The molecule has 25 heavy (non-hydrogen) atoms. The Morgan fingerprint density at radius 2 is 2.00 bits per heavy atom. The molecular formula is C21H23NO3. The topological polar surface area (TPSA) is 48.4 Å². The van der Waals surface area contributed by atoms with Crippen molar-refractivity contribution in [1.29, 1.82) is 0 Å². The van der Waals surface area contributed by atoms with Crippen molar-refractivity contribution in [2.75, 3.05) is 6.61 Å². The van der Waals surface area contributed by atoms with Crippen LogP contribution in [0.3, 0.4) is 0 Å². The van der Waals surface area contributed by atoms with Crippen LogP contribution in [0.2, 0.25) is 0 Å². The van der Waals surface area contributed by atoms with Crippen molar-refractivity contribution in [2.24, 2.45) is 0 Å². The molecule has 0 fully saturated rings. The van der Waals surface area contributed by atoms with Gasteiger partial charge in [-0.3, -0.25) is 0 Å². The molecule has 0 N–H and O–H groups in total. The summed E-state index contributed by atoms with van der Waals surface area (Å²) in [7, 11) is 0. The molecule has 0 unspecified atom stereocenters. The number of hydrogen-bond acceptors (Lipinski definition) is 4. The van der Waals surface area contributed by atoms with Crippen LogP contribution >= 0.6 is 0 Å². The maximum absolute atomic E-state index is 11.9. The summed E-state index contributed by atoms with van der Waals surface area (Å²) in [6.45, 7) is 4.62. The largest absolute Gasteiger partial charge is 0.472 e. The molecule has 4 heteroatoms.